The molecule has 5 aromatic rings. The van der Waals surface area contributed by atoms with Crippen molar-refractivity contribution in [2.45, 2.75) is 0 Å². The summed E-state index contributed by atoms with van der Waals surface area (Å²) >= 11 is 3.65. The molecule has 144 valence electrons. The lowest BCUT2D eigenvalue weighted by molar-refractivity contribution is 1.18. The minimum absolute atomic E-state index is 1.08. The molecule has 30 heavy (non-hydrogen) atoms. The predicted octanol–water partition coefficient (Wildman–Crippen LogP) is 8.50. The van der Waals surface area contributed by atoms with E-state index >= 15 is 0 Å². The largest absolute Gasteiger partial charge is 0.309 e. The molecule has 0 atom stereocenters. The van der Waals surface area contributed by atoms with Gasteiger partial charge in [0, 0.05) is 20.9 Å². The van der Waals surface area contributed by atoms with E-state index in [2.05, 4.69) is 119 Å². The SMILES string of the molecule is C=Cc1ccc(-c2ccc3c(c2)c2cc(Br)ccc2n3-c2ccc(C=C)cc2)cc1. The molecule has 0 bridgehead atoms. The van der Waals surface area contributed by atoms with E-state index in [0.29, 0.717) is 0 Å². The van der Waals surface area contributed by atoms with E-state index < -0.39 is 0 Å². The number of nitrogens with zero attached hydrogens (tertiary/aromatic N) is 1. The summed E-state index contributed by atoms with van der Waals surface area (Å²) in [5, 5.41) is 2.47. The first-order valence-electron chi connectivity index (χ1n) is 9.87. The van der Waals surface area contributed by atoms with Gasteiger partial charge in [0.15, 0.2) is 0 Å². The predicted molar refractivity (Wildman–Crippen MR) is 134 cm³/mol. The maximum absolute atomic E-state index is 3.86. The zero-order valence-electron chi connectivity index (χ0n) is 16.5. The third-order valence-electron chi connectivity index (χ3n) is 5.59. The highest BCUT2D eigenvalue weighted by molar-refractivity contribution is 9.10. The van der Waals surface area contributed by atoms with Gasteiger partial charge in [-0.15, -0.1) is 0 Å². The maximum atomic E-state index is 3.86. The van der Waals surface area contributed by atoms with Gasteiger partial charge in [0.1, 0.15) is 0 Å². The van der Waals surface area contributed by atoms with Gasteiger partial charge < -0.3 is 4.57 Å². The van der Waals surface area contributed by atoms with Gasteiger partial charge in [0.05, 0.1) is 11.0 Å². The molecule has 1 aromatic heterocycles. The van der Waals surface area contributed by atoms with Crippen molar-refractivity contribution in [3.8, 4) is 16.8 Å². The number of rotatable bonds is 4. The summed E-state index contributed by atoms with van der Waals surface area (Å²) in [6, 6.07) is 30.2. The first kappa shape index (κ1) is 18.7. The van der Waals surface area contributed by atoms with Crippen molar-refractivity contribution < 1.29 is 0 Å². The molecule has 0 saturated carbocycles. The summed E-state index contributed by atoms with van der Waals surface area (Å²) < 4.78 is 3.41. The Balaban J connectivity index is 1.77. The highest BCUT2D eigenvalue weighted by atomic mass is 79.9. The van der Waals surface area contributed by atoms with Crippen LogP contribution >= 0.6 is 15.9 Å². The van der Waals surface area contributed by atoms with Crippen LogP contribution in [0.3, 0.4) is 0 Å². The van der Waals surface area contributed by atoms with Crippen molar-refractivity contribution in [1.82, 2.24) is 4.57 Å². The fraction of sp³-hybridized carbons (Fsp3) is 0. The quantitative estimate of drug-likeness (QED) is 0.259. The summed E-state index contributed by atoms with van der Waals surface area (Å²) in [5.41, 5.74) is 8.19. The van der Waals surface area contributed by atoms with E-state index in [-0.39, 0.29) is 0 Å². The fourth-order valence-corrected chi connectivity index (χ4v) is 4.39. The Morgan fingerprint density at radius 1 is 0.600 bits per heavy atom. The van der Waals surface area contributed by atoms with E-state index in [1.807, 2.05) is 12.2 Å². The van der Waals surface area contributed by atoms with E-state index in [0.717, 1.165) is 21.3 Å². The van der Waals surface area contributed by atoms with E-state index in [4.69, 9.17) is 0 Å². The van der Waals surface area contributed by atoms with Gasteiger partial charge in [-0.2, -0.15) is 0 Å². The standard InChI is InChI=1S/C28H20BrN/c1-3-19-5-9-21(10-6-19)22-11-15-27-25(17-22)26-18-23(29)12-16-28(26)30(27)24-13-7-20(4-2)8-14-24/h3-18H,1-2H2. The second kappa shape index (κ2) is 7.47. The molecule has 5 rings (SSSR count). The molecule has 0 aliphatic carbocycles. The highest BCUT2D eigenvalue weighted by Crippen LogP contribution is 2.36. The molecule has 0 fully saturated rings. The first-order valence-corrected chi connectivity index (χ1v) is 10.7. The second-order valence-corrected chi connectivity index (χ2v) is 8.27. The molecule has 0 unspecified atom stereocenters. The monoisotopic (exact) mass is 449 g/mol. The van der Waals surface area contributed by atoms with Crippen molar-refractivity contribution in [1.29, 1.82) is 0 Å². The number of aromatic nitrogens is 1. The Bertz CT molecular complexity index is 1400. The Hall–Kier alpha value is -3.36. The van der Waals surface area contributed by atoms with Crippen molar-refractivity contribution in [3.05, 3.63) is 114 Å². The van der Waals surface area contributed by atoms with Crippen LogP contribution in [0.5, 0.6) is 0 Å². The van der Waals surface area contributed by atoms with Gasteiger partial charge in [0.2, 0.25) is 0 Å². The smallest absolute Gasteiger partial charge is 0.0541 e. The summed E-state index contributed by atoms with van der Waals surface area (Å²) in [4.78, 5) is 0. The van der Waals surface area contributed by atoms with Crippen molar-refractivity contribution in [2.24, 2.45) is 0 Å². The summed E-state index contributed by atoms with van der Waals surface area (Å²) in [6.45, 7) is 7.71. The topological polar surface area (TPSA) is 4.93 Å². The summed E-state index contributed by atoms with van der Waals surface area (Å²) in [5.74, 6) is 0. The molecule has 0 aliphatic rings. The molecule has 0 N–H and O–H groups in total. The van der Waals surface area contributed by atoms with E-state index in [1.165, 1.54) is 32.9 Å². The van der Waals surface area contributed by atoms with E-state index in [1.54, 1.807) is 0 Å². The number of fused-ring (bicyclic) bond motifs is 3. The summed E-state index contributed by atoms with van der Waals surface area (Å²) in [7, 11) is 0. The van der Waals surface area contributed by atoms with Crippen LogP contribution in [0, 0.1) is 0 Å². The molecular formula is C28H20BrN. The zero-order chi connectivity index (χ0) is 20.7. The van der Waals surface area contributed by atoms with Gasteiger partial charge in [-0.05, 0) is 64.7 Å². The van der Waals surface area contributed by atoms with E-state index in [9.17, 15) is 0 Å². The molecule has 1 nitrogen and oxygen atoms in total. The van der Waals surface area contributed by atoms with Crippen LogP contribution < -0.4 is 0 Å². The fourth-order valence-electron chi connectivity index (χ4n) is 4.02. The van der Waals surface area contributed by atoms with Gasteiger partial charge in [0.25, 0.3) is 0 Å². The molecular weight excluding hydrogens is 430 g/mol. The van der Waals surface area contributed by atoms with Crippen LogP contribution in [0.4, 0.5) is 0 Å². The number of hydrogen-bond donors (Lipinski definition) is 0. The Kier molecular flexibility index (Phi) is 4.65. The Morgan fingerprint density at radius 3 is 1.77 bits per heavy atom. The highest BCUT2D eigenvalue weighted by Gasteiger charge is 2.13. The van der Waals surface area contributed by atoms with Crippen LogP contribution in [0.15, 0.2) is 103 Å². The lowest BCUT2D eigenvalue weighted by Crippen LogP contribution is -1.93. The molecule has 0 spiro atoms. The molecule has 0 amide bonds. The van der Waals surface area contributed by atoms with Crippen LogP contribution in [-0.2, 0) is 0 Å². The molecule has 4 aromatic carbocycles. The van der Waals surface area contributed by atoms with Crippen molar-refractivity contribution >= 4 is 49.9 Å². The molecule has 0 aliphatic heterocycles. The maximum Gasteiger partial charge on any atom is 0.0541 e. The van der Waals surface area contributed by atoms with Crippen LogP contribution in [0.1, 0.15) is 11.1 Å². The molecule has 2 heteroatoms. The van der Waals surface area contributed by atoms with Crippen LogP contribution in [-0.4, -0.2) is 4.57 Å². The minimum Gasteiger partial charge on any atom is -0.309 e. The normalized spacial score (nSPS) is 11.1. The molecule has 0 saturated heterocycles. The van der Waals surface area contributed by atoms with Crippen LogP contribution in [0.2, 0.25) is 0 Å². The lowest BCUT2D eigenvalue weighted by Gasteiger charge is -2.09. The van der Waals surface area contributed by atoms with Gasteiger partial charge in [-0.1, -0.05) is 83.7 Å². The molecule has 1 heterocycles. The second-order valence-electron chi connectivity index (χ2n) is 7.35. The third kappa shape index (κ3) is 3.10. The van der Waals surface area contributed by atoms with Crippen molar-refractivity contribution in [2.75, 3.05) is 0 Å². The minimum atomic E-state index is 1.08. The zero-order valence-corrected chi connectivity index (χ0v) is 18.1. The lowest BCUT2D eigenvalue weighted by atomic mass is 10.0. The number of benzene rings is 4. The molecule has 0 radical (unpaired) electrons. The number of halogens is 1. The third-order valence-corrected chi connectivity index (χ3v) is 6.09. The Labute approximate surface area is 184 Å². The average molecular weight is 450 g/mol. The van der Waals surface area contributed by atoms with Gasteiger partial charge >= 0.3 is 0 Å². The van der Waals surface area contributed by atoms with Gasteiger partial charge in [-0.25, -0.2) is 0 Å². The van der Waals surface area contributed by atoms with Crippen molar-refractivity contribution in [3.63, 3.8) is 0 Å². The first-order chi connectivity index (χ1) is 14.7. The average Bonchev–Trinajstić information content (AvgIpc) is 3.12. The summed E-state index contributed by atoms with van der Waals surface area (Å²) in [6.07, 6.45) is 3.74. The van der Waals surface area contributed by atoms with Gasteiger partial charge in [-0.3, -0.25) is 0 Å². The Morgan fingerprint density at radius 2 is 1.13 bits per heavy atom. The van der Waals surface area contributed by atoms with Crippen LogP contribution in [0.25, 0.3) is 50.8 Å². The number of hydrogen-bond acceptors (Lipinski definition) is 0.